The van der Waals surface area contributed by atoms with Crippen LogP contribution in [0.25, 0.3) is 11.1 Å². The Bertz CT molecular complexity index is 1100. The number of phenols is 1. The average molecular weight is 467 g/mol. The SMILES string of the molecule is Oc1c(-c2ccccc2)cc(C2CCC3C4CCC(C4)C3C2)cc1C1CCC2C3CCC(C3)C2C1. The van der Waals surface area contributed by atoms with Crippen LogP contribution >= 0.6 is 0 Å². The Morgan fingerprint density at radius 3 is 1.77 bits per heavy atom. The molecule has 6 aliphatic rings. The largest absolute Gasteiger partial charge is 0.507 e. The van der Waals surface area contributed by atoms with Crippen molar-refractivity contribution >= 4 is 0 Å². The molecule has 6 fully saturated rings. The van der Waals surface area contributed by atoms with Gasteiger partial charge in [-0.1, -0.05) is 36.4 Å². The summed E-state index contributed by atoms with van der Waals surface area (Å²) in [6.07, 6.45) is 17.3. The third-order valence-electron chi connectivity index (χ3n) is 12.5. The maximum Gasteiger partial charge on any atom is 0.126 e. The van der Waals surface area contributed by atoms with Crippen LogP contribution in [-0.4, -0.2) is 5.11 Å². The highest BCUT2D eigenvalue weighted by Gasteiger charge is 2.51. The van der Waals surface area contributed by atoms with Gasteiger partial charge < -0.3 is 5.11 Å². The van der Waals surface area contributed by atoms with Crippen LogP contribution in [0.15, 0.2) is 42.5 Å². The Balaban J connectivity index is 1.15. The topological polar surface area (TPSA) is 20.2 Å². The molecule has 6 aliphatic carbocycles. The molecule has 0 amide bonds. The molecule has 35 heavy (non-hydrogen) atoms. The smallest absolute Gasteiger partial charge is 0.126 e. The van der Waals surface area contributed by atoms with Gasteiger partial charge in [0.1, 0.15) is 5.75 Å². The normalized spacial score (nSPS) is 43.3. The number of rotatable bonds is 3. The van der Waals surface area contributed by atoms with Gasteiger partial charge in [0.15, 0.2) is 0 Å². The van der Waals surface area contributed by atoms with Crippen molar-refractivity contribution in [2.45, 2.75) is 88.9 Å². The van der Waals surface area contributed by atoms with Crippen LogP contribution in [0.1, 0.15) is 100 Å². The van der Waals surface area contributed by atoms with Gasteiger partial charge in [-0.3, -0.25) is 0 Å². The number of aromatic hydroxyl groups is 1. The molecule has 0 heterocycles. The van der Waals surface area contributed by atoms with Crippen molar-refractivity contribution in [2.24, 2.45) is 47.3 Å². The van der Waals surface area contributed by atoms with E-state index < -0.39 is 0 Å². The number of phenolic OH excluding ortho intramolecular Hbond substituents is 1. The molecule has 10 unspecified atom stereocenters. The first kappa shape index (κ1) is 21.3. The number of fused-ring (bicyclic) bond motifs is 10. The van der Waals surface area contributed by atoms with Crippen molar-refractivity contribution in [3.8, 4) is 16.9 Å². The van der Waals surface area contributed by atoms with E-state index in [9.17, 15) is 5.11 Å². The molecular weight excluding hydrogens is 424 g/mol. The van der Waals surface area contributed by atoms with E-state index in [2.05, 4.69) is 42.5 Å². The zero-order chi connectivity index (χ0) is 23.1. The lowest BCUT2D eigenvalue weighted by Crippen LogP contribution is -2.29. The maximum atomic E-state index is 11.7. The monoisotopic (exact) mass is 466 g/mol. The molecule has 0 aromatic heterocycles. The summed E-state index contributed by atoms with van der Waals surface area (Å²) in [5, 5.41) is 11.7. The summed E-state index contributed by atoms with van der Waals surface area (Å²) in [4.78, 5) is 0. The number of hydrogen-bond donors (Lipinski definition) is 1. The van der Waals surface area contributed by atoms with Crippen molar-refractivity contribution in [2.75, 3.05) is 0 Å². The van der Waals surface area contributed by atoms with Crippen LogP contribution in [0.4, 0.5) is 0 Å². The molecule has 0 aliphatic heterocycles. The van der Waals surface area contributed by atoms with Crippen LogP contribution < -0.4 is 0 Å². The lowest BCUT2D eigenvalue weighted by molar-refractivity contribution is 0.141. The van der Waals surface area contributed by atoms with Crippen LogP contribution in [0.3, 0.4) is 0 Å². The zero-order valence-corrected chi connectivity index (χ0v) is 21.2. The first-order valence-electron chi connectivity index (χ1n) is 15.1. The van der Waals surface area contributed by atoms with Gasteiger partial charge in [-0.25, -0.2) is 0 Å². The first-order chi connectivity index (χ1) is 17.2. The Morgan fingerprint density at radius 1 is 0.543 bits per heavy atom. The van der Waals surface area contributed by atoms with Crippen molar-refractivity contribution < 1.29 is 5.11 Å². The lowest BCUT2D eigenvalue weighted by atomic mass is 9.64. The van der Waals surface area contributed by atoms with E-state index in [-0.39, 0.29) is 0 Å². The molecule has 6 saturated carbocycles. The third-order valence-corrected chi connectivity index (χ3v) is 12.5. The fourth-order valence-electron chi connectivity index (χ4n) is 11.0. The summed E-state index contributed by atoms with van der Waals surface area (Å²) in [7, 11) is 0. The van der Waals surface area contributed by atoms with Crippen molar-refractivity contribution in [1.29, 1.82) is 0 Å². The molecule has 0 saturated heterocycles. The fourth-order valence-corrected chi connectivity index (χ4v) is 11.0. The van der Waals surface area contributed by atoms with E-state index in [0.717, 1.165) is 52.9 Å². The second-order valence-corrected chi connectivity index (χ2v) is 13.7. The molecule has 2 aromatic rings. The molecule has 2 aromatic carbocycles. The summed E-state index contributed by atoms with van der Waals surface area (Å²) in [5.74, 6) is 9.87. The van der Waals surface area contributed by atoms with Crippen molar-refractivity contribution in [3.05, 3.63) is 53.6 Å². The highest BCUT2D eigenvalue weighted by molar-refractivity contribution is 5.73. The van der Waals surface area contributed by atoms with Gasteiger partial charge >= 0.3 is 0 Å². The Labute approximate surface area is 211 Å². The van der Waals surface area contributed by atoms with Gasteiger partial charge in [-0.2, -0.15) is 0 Å². The highest BCUT2D eigenvalue weighted by atomic mass is 16.3. The van der Waals surface area contributed by atoms with Gasteiger partial charge in [0.25, 0.3) is 0 Å². The quantitative estimate of drug-likeness (QED) is 0.479. The van der Waals surface area contributed by atoms with Crippen LogP contribution in [-0.2, 0) is 0 Å². The van der Waals surface area contributed by atoms with E-state index in [4.69, 9.17) is 0 Å². The molecule has 0 spiro atoms. The van der Waals surface area contributed by atoms with Crippen LogP contribution in [0.5, 0.6) is 5.75 Å². The number of hydrogen-bond acceptors (Lipinski definition) is 1. The van der Waals surface area contributed by atoms with E-state index in [1.54, 1.807) is 5.56 Å². The first-order valence-corrected chi connectivity index (χ1v) is 15.1. The third kappa shape index (κ3) is 3.32. The molecule has 1 N–H and O–H groups in total. The number of benzene rings is 2. The Hall–Kier alpha value is -1.76. The second kappa shape index (κ2) is 8.12. The Kier molecular flexibility index (Phi) is 4.95. The van der Waals surface area contributed by atoms with E-state index >= 15 is 0 Å². The molecule has 1 nitrogen and oxygen atoms in total. The van der Waals surface area contributed by atoms with Crippen molar-refractivity contribution in [1.82, 2.24) is 0 Å². The summed E-state index contributed by atoms with van der Waals surface area (Å²) in [5.41, 5.74) is 5.14. The van der Waals surface area contributed by atoms with E-state index in [1.165, 1.54) is 88.2 Å². The molecular formula is C34H42O. The minimum Gasteiger partial charge on any atom is -0.507 e. The standard InChI is InChI=1S/C34H42O/c35-34-32(20-4-2-1-3-5-20)18-27(21-10-12-28-22-6-8-24(14-22)30(28)16-21)19-33(34)26-11-13-29-23-7-9-25(15-23)31(29)17-26/h1-5,18-19,21-26,28-31,35H,6-17H2. The van der Waals surface area contributed by atoms with Gasteiger partial charge in [0.2, 0.25) is 0 Å². The van der Waals surface area contributed by atoms with Gasteiger partial charge in [0, 0.05) is 5.56 Å². The Morgan fingerprint density at radius 2 is 1.11 bits per heavy atom. The predicted octanol–water partition coefficient (Wildman–Crippen LogP) is 8.92. The molecule has 1 heteroatoms. The average Bonchev–Trinajstić information content (AvgIpc) is 3.71. The lowest BCUT2D eigenvalue weighted by Gasteiger charge is -2.41. The summed E-state index contributed by atoms with van der Waals surface area (Å²) >= 11 is 0. The summed E-state index contributed by atoms with van der Waals surface area (Å²) in [6.45, 7) is 0. The molecule has 8 rings (SSSR count). The van der Waals surface area contributed by atoms with E-state index in [1.807, 2.05) is 0 Å². The zero-order valence-electron chi connectivity index (χ0n) is 21.2. The van der Waals surface area contributed by atoms with Gasteiger partial charge in [0.05, 0.1) is 0 Å². The maximum absolute atomic E-state index is 11.7. The molecule has 4 bridgehead atoms. The van der Waals surface area contributed by atoms with Crippen molar-refractivity contribution in [3.63, 3.8) is 0 Å². The minimum atomic E-state index is 0.553. The van der Waals surface area contributed by atoms with Gasteiger partial charge in [-0.05, 0) is 159 Å². The highest BCUT2D eigenvalue weighted by Crippen LogP contribution is 2.62. The van der Waals surface area contributed by atoms with Gasteiger partial charge in [-0.15, -0.1) is 0 Å². The fraction of sp³-hybridized carbons (Fsp3) is 0.647. The second-order valence-electron chi connectivity index (χ2n) is 13.7. The predicted molar refractivity (Wildman–Crippen MR) is 142 cm³/mol. The van der Waals surface area contributed by atoms with Crippen LogP contribution in [0.2, 0.25) is 0 Å². The summed E-state index contributed by atoms with van der Waals surface area (Å²) < 4.78 is 0. The summed E-state index contributed by atoms with van der Waals surface area (Å²) in [6, 6.07) is 15.7. The minimum absolute atomic E-state index is 0.553. The molecule has 10 atom stereocenters. The van der Waals surface area contributed by atoms with Crippen LogP contribution in [0, 0.1) is 47.3 Å². The molecule has 184 valence electrons. The molecule has 0 radical (unpaired) electrons. The van der Waals surface area contributed by atoms with E-state index in [0.29, 0.717) is 17.6 Å².